The molecule has 1 aromatic carbocycles. The van der Waals surface area contributed by atoms with Crippen molar-refractivity contribution in [1.82, 2.24) is 14.8 Å². The Morgan fingerprint density at radius 2 is 1.96 bits per heavy atom. The highest BCUT2D eigenvalue weighted by Gasteiger charge is 2.28. The van der Waals surface area contributed by atoms with Crippen molar-refractivity contribution in [3.63, 3.8) is 0 Å². The van der Waals surface area contributed by atoms with Crippen LogP contribution >= 0.6 is 0 Å². The molecule has 1 aliphatic heterocycles. The van der Waals surface area contributed by atoms with Gasteiger partial charge in [0.1, 0.15) is 10.6 Å². The number of rotatable bonds is 6. The predicted octanol–water partition coefficient (Wildman–Crippen LogP) is 1.95. The summed E-state index contributed by atoms with van der Waals surface area (Å²) in [6.07, 6.45) is 0. The first-order chi connectivity index (χ1) is 12.4. The summed E-state index contributed by atoms with van der Waals surface area (Å²) in [5, 5.41) is 3.75. The van der Waals surface area contributed by atoms with E-state index in [2.05, 4.69) is 20.8 Å². The number of hydrogen-bond acceptors (Lipinski definition) is 6. The summed E-state index contributed by atoms with van der Waals surface area (Å²) in [5.41, 5.74) is 2.61. The van der Waals surface area contributed by atoms with Gasteiger partial charge < -0.3 is 9.26 Å². The van der Waals surface area contributed by atoms with Gasteiger partial charge in [0.2, 0.25) is 10.0 Å². The van der Waals surface area contributed by atoms with Crippen molar-refractivity contribution < 1.29 is 17.7 Å². The molecule has 8 heteroatoms. The maximum atomic E-state index is 12.8. The summed E-state index contributed by atoms with van der Waals surface area (Å²) < 4.78 is 38.7. The number of sulfonamides is 1. The van der Waals surface area contributed by atoms with Crippen LogP contribution in [-0.4, -0.2) is 51.3 Å². The maximum absolute atomic E-state index is 12.8. The van der Waals surface area contributed by atoms with Crippen LogP contribution in [0.15, 0.2) is 33.7 Å². The third kappa shape index (κ3) is 4.15. The van der Waals surface area contributed by atoms with Gasteiger partial charge in [-0.05, 0) is 26.3 Å². The molecule has 1 fully saturated rings. The Labute approximate surface area is 154 Å². The van der Waals surface area contributed by atoms with Gasteiger partial charge in [-0.2, -0.15) is 0 Å². The minimum atomic E-state index is -3.69. The minimum absolute atomic E-state index is 0.0611. The molecule has 142 valence electrons. The Morgan fingerprint density at radius 3 is 2.58 bits per heavy atom. The quantitative estimate of drug-likeness (QED) is 0.826. The van der Waals surface area contributed by atoms with Crippen LogP contribution in [0.1, 0.15) is 28.6 Å². The molecular formula is C18H25N3O4S. The van der Waals surface area contributed by atoms with Crippen molar-refractivity contribution in [2.75, 3.05) is 32.8 Å². The van der Waals surface area contributed by atoms with Crippen LogP contribution in [0.5, 0.6) is 0 Å². The number of benzene rings is 1. The second kappa shape index (κ2) is 7.87. The van der Waals surface area contributed by atoms with Crippen LogP contribution in [0, 0.1) is 20.8 Å². The lowest BCUT2D eigenvalue weighted by atomic mass is 10.0. The molecule has 1 atom stereocenters. The van der Waals surface area contributed by atoms with Crippen LogP contribution in [0.4, 0.5) is 0 Å². The van der Waals surface area contributed by atoms with Crippen LogP contribution in [0.25, 0.3) is 0 Å². The number of aromatic nitrogens is 1. The van der Waals surface area contributed by atoms with Crippen molar-refractivity contribution >= 4 is 10.0 Å². The topological polar surface area (TPSA) is 84.7 Å². The number of aryl methyl sites for hydroxylation is 3. The summed E-state index contributed by atoms with van der Waals surface area (Å²) >= 11 is 0. The fraction of sp³-hybridized carbons (Fsp3) is 0.500. The van der Waals surface area contributed by atoms with E-state index in [1.165, 1.54) is 0 Å². The van der Waals surface area contributed by atoms with Crippen LogP contribution in [0.2, 0.25) is 0 Å². The van der Waals surface area contributed by atoms with E-state index in [1.54, 1.807) is 13.8 Å². The molecule has 0 radical (unpaired) electrons. The van der Waals surface area contributed by atoms with E-state index in [0.29, 0.717) is 24.7 Å². The molecule has 2 aromatic rings. The first kappa shape index (κ1) is 19.0. The molecule has 1 unspecified atom stereocenters. The van der Waals surface area contributed by atoms with Gasteiger partial charge in [-0.3, -0.25) is 4.90 Å². The highest BCUT2D eigenvalue weighted by atomic mass is 32.2. The molecule has 0 amide bonds. The zero-order valence-electron chi connectivity index (χ0n) is 15.4. The summed E-state index contributed by atoms with van der Waals surface area (Å²) in [4.78, 5) is 2.39. The van der Waals surface area contributed by atoms with E-state index in [-0.39, 0.29) is 17.5 Å². The molecule has 1 saturated heterocycles. The highest BCUT2D eigenvalue weighted by molar-refractivity contribution is 7.89. The Hall–Kier alpha value is -1.74. The molecular weight excluding hydrogens is 354 g/mol. The summed E-state index contributed by atoms with van der Waals surface area (Å²) in [5.74, 6) is 0.300. The summed E-state index contributed by atoms with van der Waals surface area (Å²) in [6, 6.07) is 8.12. The van der Waals surface area contributed by atoms with Crippen molar-refractivity contribution in [3.05, 3.63) is 46.8 Å². The van der Waals surface area contributed by atoms with Gasteiger partial charge in [0.15, 0.2) is 5.76 Å². The number of morpholine rings is 1. The Balaban J connectivity index is 1.84. The maximum Gasteiger partial charge on any atom is 0.246 e. The molecule has 1 aromatic heterocycles. The van der Waals surface area contributed by atoms with E-state index in [9.17, 15) is 8.42 Å². The lowest BCUT2D eigenvalue weighted by Gasteiger charge is -2.35. The van der Waals surface area contributed by atoms with E-state index >= 15 is 0 Å². The summed E-state index contributed by atoms with van der Waals surface area (Å²) in [7, 11) is -3.69. The van der Waals surface area contributed by atoms with Crippen molar-refractivity contribution in [1.29, 1.82) is 0 Å². The number of ether oxygens (including phenoxy) is 1. The van der Waals surface area contributed by atoms with Gasteiger partial charge in [0.05, 0.1) is 13.2 Å². The van der Waals surface area contributed by atoms with Gasteiger partial charge in [-0.15, -0.1) is 0 Å². The lowest BCUT2D eigenvalue weighted by molar-refractivity contribution is 0.0172. The van der Waals surface area contributed by atoms with E-state index in [4.69, 9.17) is 9.26 Å². The molecule has 2 heterocycles. The number of nitrogens with one attached hydrogen (secondary N) is 1. The van der Waals surface area contributed by atoms with Crippen LogP contribution < -0.4 is 4.72 Å². The van der Waals surface area contributed by atoms with Gasteiger partial charge in [0, 0.05) is 25.7 Å². The van der Waals surface area contributed by atoms with Crippen molar-refractivity contribution in [3.8, 4) is 0 Å². The average molecular weight is 379 g/mol. The third-order valence-electron chi connectivity index (χ3n) is 4.62. The zero-order chi connectivity index (χ0) is 18.7. The van der Waals surface area contributed by atoms with Crippen LogP contribution in [0.3, 0.4) is 0 Å². The molecule has 3 rings (SSSR count). The fourth-order valence-corrected chi connectivity index (χ4v) is 4.71. The molecule has 0 bridgehead atoms. The minimum Gasteiger partial charge on any atom is -0.379 e. The Bertz CT molecular complexity index is 838. The standard InChI is InChI=1S/C18H25N3O4S/c1-13-5-4-6-16(11-13)17(21-7-9-24-10-8-21)12-19-26(22,23)18-14(2)20-25-15(18)3/h4-6,11,17,19H,7-10,12H2,1-3H3. The predicted molar refractivity (Wildman–Crippen MR) is 97.5 cm³/mol. The van der Waals surface area contributed by atoms with E-state index in [0.717, 1.165) is 24.2 Å². The Morgan fingerprint density at radius 1 is 1.23 bits per heavy atom. The largest absolute Gasteiger partial charge is 0.379 e. The fourth-order valence-electron chi connectivity index (χ4n) is 3.34. The second-order valence-corrected chi connectivity index (χ2v) is 8.29. The molecule has 1 N–H and O–H groups in total. The first-order valence-corrected chi connectivity index (χ1v) is 10.2. The normalized spacial score (nSPS) is 17.3. The highest BCUT2D eigenvalue weighted by Crippen LogP contribution is 2.24. The van der Waals surface area contributed by atoms with E-state index in [1.807, 2.05) is 25.1 Å². The summed E-state index contributed by atoms with van der Waals surface area (Å²) in [6.45, 7) is 8.39. The van der Waals surface area contributed by atoms with Gasteiger partial charge >= 0.3 is 0 Å². The monoisotopic (exact) mass is 379 g/mol. The number of nitrogens with zero attached hydrogens (tertiary/aromatic N) is 2. The smallest absolute Gasteiger partial charge is 0.246 e. The number of hydrogen-bond donors (Lipinski definition) is 1. The third-order valence-corrected chi connectivity index (χ3v) is 6.28. The molecule has 0 spiro atoms. The first-order valence-electron chi connectivity index (χ1n) is 8.69. The molecule has 0 aliphatic carbocycles. The molecule has 26 heavy (non-hydrogen) atoms. The molecule has 7 nitrogen and oxygen atoms in total. The van der Waals surface area contributed by atoms with Gasteiger partial charge in [0.25, 0.3) is 0 Å². The van der Waals surface area contributed by atoms with Crippen molar-refractivity contribution in [2.24, 2.45) is 0 Å². The molecule has 1 aliphatic rings. The SMILES string of the molecule is Cc1cccc(C(CNS(=O)(=O)c2c(C)noc2C)N2CCOCC2)c1. The second-order valence-electron chi connectivity index (χ2n) is 6.58. The lowest BCUT2D eigenvalue weighted by Crippen LogP contribution is -2.43. The van der Waals surface area contributed by atoms with Crippen LogP contribution in [-0.2, 0) is 14.8 Å². The van der Waals surface area contributed by atoms with E-state index < -0.39 is 10.0 Å². The average Bonchev–Trinajstić information content (AvgIpc) is 2.95. The van der Waals surface area contributed by atoms with Crippen molar-refractivity contribution in [2.45, 2.75) is 31.7 Å². The zero-order valence-corrected chi connectivity index (χ0v) is 16.2. The molecule has 0 saturated carbocycles. The Kier molecular flexibility index (Phi) is 5.76. The van der Waals surface area contributed by atoms with Gasteiger partial charge in [-0.1, -0.05) is 35.0 Å². The van der Waals surface area contributed by atoms with Gasteiger partial charge in [-0.25, -0.2) is 13.1 Å².